The van der Waals surface area contributed by atoms with Crippen LogP contribution in [0.5, 0.6) is 0 Å². The van der Waals surface area contributed by atoms with Crippen molar-refractivity contribution in [1.29, 1.82) is 0 Å². The molecule has 0 spiro atoms. The highest BCUT2D eigenvalue weighted by Gasteiger charge is 2.35. The first-order valence-corrected chi connectivity index (χ1v) is 15.8. The maximum Gasteiger partial charge on any atom is 0.159 e. The first-order chi connectivity index (χ1) is 22.6. The topological polar surface area (TPSA) is 30.7 Å². The van der Waals surface area contributed by atoms with Crippen LogP contribution in [0.4, 0.5) is 0 Å². The van der Waals surface area contributed by atoms with E-state index in [2.05, 4.69) is 162 Å². The molecule has 0 unspecified atom stereocenters. The third kappa shape index (κ3) is 3.98. The summed E-state index contributed by atoms with van der Waals surface area (Å²) in [5, 5.41) is 2.48. The Kier molecular flexibility index (Phi) is 5.85. The fourth-order valence-corrected chi connectivity index (χ4v) is 7.48. The van der Waals surface area contributed by atoms with E-state index in [-0.39, 0.29) is 5.41 Å². The molecule has 0 aliphatic heterocycles. The Morgan fingerprint density at radius 1 is 0.457 bits per heavy atom. The molecule has 9 rings (SSSR count). The Balaban J connectivity index is 1.17. The Bertz CT molecular complexity index is 2430. The fourth-order valence-electron chi connectivity index (χ4n) is 7.48. The molecule has 3 nitrogen and oxygen atoms in total. The van der Waals surface area contributed by atoms with E-state index in [1.165, 1.54) is 66.3 Å². The summed E-state index contributed by atoms with van der Waals surface area (Å²) in [5.41, 5.74) is 14.9. The van der Waals surface area contributed by atoms with Crippen LogP contribution in [0.25, 0.3) is 72.3 Å². The summed E-state index contributed by atoms with van der Waals surface area (Å²) in [4.78, 5) is 8.85. The molecule has 0 bridgehead atoms. The van der Waals surface area contributed by atoms with Crippen LogP contribution in [0.1, 0.15) is 25.0 Å². The van der Waals surface area contributed by atoms with E-state index >= 15 is 0 Å². The van der Waals surface area contributed by atoms with Crippen molar-refractivity contribution < 1.29 is 0 Å². The molecule has 2 heterocycles. The van der Waals surface area contributed by atoms with E-state index in [0.29, 0.717) is 0 Å². The second-order valence-corrected chi connectivity index (χ2v) is 12.7. The van der Waals surface area contributed by atoms with Crippen LogP contribution in [0.3, 0.4) is 0 Å². The predicted molar refractivity (Wildman–Crippen MR) is 190 cm³/mol. The van der Waals surface area contributed by atoms with Crippen molar-refractivity contribution in [2.24, 2.45) is 0 Å². The van der Waals surface area contributed by atoms with Crippen molar-refractivity contribution in [3.05, 3.63) is 163 Å². The zero-order valence-electron chi connectivity index (χ0n) is 25.8. The highest BCUT2D eigenvalue weighted by Crippen LogP contribution is 2.50. The molecule has 1 aliphatic carbocycles. The zero-order chi connectivity index (χ0) is 30.8. The van der Waals surface area contributed by atoms with E-state index < -0.39 is 0 Å². The first kappa shape index (κ1) is 26.6. The second kappa shape index (κ2) is 10.1. The van der Waals surface area contributed by atoms with Gasteiger partial charge in [-0.05, 0) is 99.1 Å². The number of nitrogens with zero attached hydrogens (tertiary/aromatic N) is 3. The molecule has 0 radical (unpaired) electrons. The molecule has 6 aromatic carbocycles. The SMILES string of the molecule is CC1(C)c2ccccc2-c2ccc(-c3ccccc3-c3ccc4c(c3)c3ccccc3n4-c3ccc(-c4ncccn4)cc3)cc21. The lowest BCUT2D eigenvalue weighted by atomic mass is 9.81. The Hall–Kier alpha value is -5.80. The minimum atomic E-state index is -0.0378. The van der Waals surface area contributed by atoms with Gasteiger partial charge < -0.3 is 4.57 Å². The number of aromatic nitrogens is 3. The molecule has 0 atom stereocenters. The van der Waals surface area contributed by atoms with Gasteiger partial charge >= 0.3 is 0 Å². The zero-order valence-corrected chi connectivity index (χ0v) is 25.8. The van der Waals surface area contributed by atoms with Gasteiger partial charge in [0.25, 0.3) is 0 Å². The Morgan fingerprint density at radius 2 is 1.04 bits per heavy atom. The number of fused-ring (bicyclic) bond motifs is 6. The van der Waals surface area contributed by atoms with Crippen LogP contribution < -0.4 is 0 Å². The molecular weight excluding hydrogens is 558 g/mol. The Morgan fingerprint density at radius 3 is 1.83 bits per heavy atom. The van der Waals surface area contributed by atoms with Gasteiger partial charge in [-0.1, -0.05) is 98.8 Å². The van der Waals surface area contributed by atoms with E-state index in [1.807, 2.05) is 6.07 Å². The summed E-state index contributed by atoms with van der Waals surface area (Å²) in [6.07, 6.45) is 3.56. The predicted octanol–water partition coefficient (Wildman–Crippen LogP) is 10.9. The van der Waals surface area contributed by atoms with Crippen molar-refractivity contribution >= 4 is 21.8 Å². The molecule has 46 heavy (non-hydrogen) atoms. The van der Waals surface area contributed by atoms with Gasteiger partial charge in [-0.25, -0.2) is 9.97 Å². The molecule has 218 valence electrons. The highest BCUT2D eigenvalue weighted by molar-refractivity contribution is 6.10. The van der Waals surface area contributed by atoms with Gasteiger partial charge in [0.2, 0.25) is 0 Å². The summed E-state index contributed by atoms with van der Waals surface area (Å²) in [5.74, 6) is 0.732. The molecule has 3 heteroatoms. The largest absolute Gasteiger partial charge is 0.309 e. The summed E-state index contributed by atoms with van der Waals surface area (Å²) in [7, 11) is 0. The Labute approximate surface area is 268 Å². The lowest BCUT2D eigenvalue weighted by Gasteiger charge is -2.22. The van der Waals surface area contributed by atoms with E-state index in [4.69, 9.17) is 0 Å². The van der Waals surface area contributed by atoms with Crippen molar-refractivity contribution in [3.8, 4) is 50.5 Å². The minimum Gasteiger partial charge on any atom is -0.309 e. The lowest BCUT2D eigenvalue weighted by molar-refractivity contribution is 0.660. The molecule has 0 saturated heterocycles. The maximum atomic E-state index is 4.42. The average molecular weight is 590 g/mol. The summed E-state index contributed by atoms with van der Waals surface area (Å²) < 4.78 is 2.36. The van der Waals surface area contributed by atoms with Crippen LogP contribution in [0, 0.1) is 0 Å². The number of rotatable bonds is 4. The number of para-hydroxylation sites is 1. The molecule has 0 amide bonds. The van der Waals surface area contributed by atoms with Crippen LogP contribution in [-0.2, 0) is 5.41 Å². The number of hydrogen-bond acceptors (Lipinski definition) is 2. The van der Waals surface area contributed by atoms with Gasteiger partial charge in [0.15, 0.2) is 5.82 Å². The normalized spacial score (nSPS) is 13.2. The van der Waals surface area contributed by atoms with Crippen molar-refractivity contribution in [2.75, 3.05) is 0 Å². The van der Waals surface area contributed by atoms with Crippen molar-refractivity contribution in [2.45, 2.75) is 19.3 Å². The molecule has 0 fully saturated rings. The standard InChI is InChI=1S/C43H31N3/c1-43(2)38-14-7-5-12-34(38)35-22-18-30(27-39(35)43)33-11-4-3-10-32(33)29-19-23-41-37(26-29)36-13-6-8-15-40(36)46(41)31-20-16-28(17-21-31)42-44-24-9-25-45-42/h3-27H,1-2H3. The first-order valence-electron chi connectivity index (χ1n) is 15.8. The molecule has 2 aromatic heterocycles. The van der Waals surface area contributed by atoms with Crippen LogP contribution in [-0.4, -0.2) is 14.5 Å². The minimum absolute atomic E-state index is 0.0378. The van der Waals surface area contributed by atoms with Gasteiger partial charge in [-0.2, -0.15) is 0 Å². The molecule has 0 N–H and O–H groups in total. The van der Waals surface area contributed by atoms with Crippen molar-refractivity contribution in [1.82, 2.24) is 14.5 Å². The third-order valence-corrected chi connectivity index (χ3v) is 9.75. The second-order valence-electron chi connectivity index (χ2n) is 12.7. The molecule has 8 aromatic rings. The van der Waals surface area contributed by atoms with Gasteiger partial charge in [0, 0.05) is 39.8 Å². The van der Waals surface area contributed by atoms with E-state index in [0.717, 1.165) is 17.1 Å². The molecular formula is C43H31N3. The van der Waals surface area contributed by atoms with Crippen LogP contribution in [0.2, 0.25) is 0 Å². The van der Waals surface area contributed by atoms with Crippen LogP contribution >= 0.6 is 0 Å². The maximum absolute atomic E-state index is 4.42. The van der Waals surface area contributed by atoms with Gasteiger partial charge in [-0.3, -0.25) is 0 Å². The van der Waals surface area contributed by atoms with Crippen LogP contribution in [0.15, 0.2) is 152 Å². The summed E-state index contributed by atoms with van der Waals surface area (Å²) >= 11 is 0. The quantitative estimate of drug-likeness (QED) is 0.204. The van der Waals surface area contributed by atoms with Gasteiger partial charge in [0.1, 0.15) is 0 Å². The van der Waals surface area contributed by atoms with Crippen molar-refractivity contribution in [3.63, 3.8) is 0 Å². The van der Waals surface area contributed by atoms with Gasteiger partial charge in [0.05, 0.1) is 11.0 Å². The molecule has 1 aliphatic rings. The van der Waals surface area contributed by atoms with E-state index in [9.17, 15) is 0 Å². The lowest BCUT2D eigenvalue weighted by Crippen LogP contribution is -2.14. The smallest absolute Gasteiger partial charge is 0.159 e. The molecule has 0 saturated carbocycles. The van der Waals surface area contributed by atoms with E-state index in [1.54, 1.807) is 12.4 Å². The third-order valence-electron chi connectivity index (χ3n) is 9.75. The monoisotopic (exact) mass is 589 g/mol. The number of benzene rings is 6. The number of hydrogen-bond donors (Lipinski definition) is 0. The summed E-state index contributed by atoms with van der Waals surface area (Å²) in [6.45, 7) is 4.69. The fraction of sp³-hybridized carbons (Fsp3) is 0.0698. The average Bonchev–Trinajstić information content (AvgIpc) is 3.57. The summed E-state index contributed by atoms with van der Waals surface area (Å²) in [6, 6.07) is 50.7. The van der Waals surface area contributed by atoms with Gasteiger partial charge in [-0.15, -0.1) is 0 Å². The highest BCUT2D eigenvalue weighted by atomic mass is 15.0.